The van der Waals surface area contributed by atoms with Gasteiger partial charge >= 0.3 is 6.18 Å². The molecule has 0 aliphatic carbocycles. The van der Waals surface area contributed by atoms with Gasteiger partial charge in [0.2, 0.25) is 5.91 Å². The first-order chi connectivity index (χ1) is 15.6. The van der Waals surface area contributed by atoms with E-state index in [0.29, 0.717) is 20.6 Å². The predicted octanol–water partition coefficient (Wildman–Crippen LogP) is 4.79. The molecule has 1 aromatic carbocycles. The maximum absolute atomic E-state index is 12.9. The van der Waals surface area contributed by atoms with E-state index in [1.165, 1.54) is 41.7 Å². The number of carbonyl (C=O) groups excluding carboxylic acids is 1. The van der Waals surface area contributed by atoms with Crippen LogP contribution in [0.1, 0.15) is 10.6 Å². The Balaban J connectivity index is 1.43. The number of sulfonamides is 1. The van der Waals surface area contributed by atoms with Gasteiger partial charge in [0, 0.05) is 17.5 Å². The second-order valence-corrected chi connectivity index (χ2v) is 11.7. The molecule has 1 aliphatic heterocycles. The van der Waals surface area contributed by atoms with Crippen molar-refractivity contribution in [3.63, 3.8) is 0 Å². The Kier molecular flexibility index (Phi) is 6.65. The Morgan fingerprint density at radius 1 is 1.27 bits per heavy atom. The predicted molar refractivity (Wildman–Crippen MR) is 121 cm³/mol. The van der Waals surface area contributed by atoms with Crippen LogP contribution in [0, 0.1) is 0 Å². The molecule has 1 aliphatic rings. The lowest BCUT2D eigenvalue weighted by molar-refractivity contribution is -0.137. The van der Waals surface area contributed by atoms with E-state index in [4.69, 9.17) is 11.6 Å². The van der Waals surface area contributed by atoms with Crippen LogP contribution in [0.3, 0.4) is 0 Å². The van der Waals surface area contributed by atoms with Crippen molar-refractivity contribution >= 4 is 50.2 Å². The SMILES string of the molecule is O=C(NCc1nc(-c2cccc(C(F)(F)F)c2)cs1)[C@@H]1C=CCN1S(=O)(=O)c1ccc(Cl)s1. The van der Waals surface area contributed by atoms with E-state index in [9.17, 15) is 26.4 Å². The van der Waals surface area contributed by atoms with Gasteiger partial charge < -0.3 is 5.32 Å². The van der Waals surface area contributed by atoms with Gasteiger partial charge in [-0.05, 0) is 24.3 Å². The minimum atomic E-state index is -4.46. The van der Waals surface area contributed by atoms with Crippen LogP contribution in [0.25, 0.3) is 11.3 Å². The van der Waals surface area contributed by atoms with Crippen LogP contribution < -0.4 is 5.32 Å². The Hall–Kier alpha value is -2.25. The molecule has 3 aromatic rings. The molecule has 0 saturated heterocycles. The molecule has 1 atom stereocenters. The number of hydrogen-bond acceptors (Lipinski definition) is 6. The maximum Gasteiger partial charge on any atom is 0.416 e. The molecule has 0 radical (unpaired) electrons. The van der Waals surface area contributed by atoms with Gasteiger partial charge in [0.05, 0.1) is 22.1 Å². The zero-order valence-corrected chi connectivity index (χ0v) is 19.7. The smallest absolute Gasteiger partial charge is 0.348 e. The van der Waals surface area contributed by atoms with E-state index in [2.05, 4.69) is 10.3 Å². The first kappa shape index (κ1) is 23.9. The van der Waals surface area contributed by atoms with E-state index in [0.717, 1.165) is 27.8 Å². The molecule has 1 amide bonds. The molecule has 33 heavy (non-hydrogen) atoms. The quantitative estimate of drug-likeness (QED) is 0.462. The molecule has 13 heteroatoms. The van der Waals surface area contributed by atoms with Crippen molar-refractivity contribution < 1.29 is 26.4 Å². The number of aromatic nitrogens is 1. The highest BCUT2D eigenvalue weighted by Gasteiger charge is 2.37. The van der Waals surface area contributed by atoms with Crippen LogP contribution in [-0.2, 0) is 27.5 Å². The Morgan fingerprint density at radius 3 is 2.76 bits per heavy atom. The molecular weight excluding hydrogens is 519 g/mol. The summed E-state index contributed by atoms with van der Waals surface area (Å²) in [6.07, 6.45) is -1.37. The lowest BCUT2D eigenvalue weighted by Crippen LogP contribution is -2.45. The van der Waals surface area contributed by atoms with Gasteiger partial charge in [-0.25, -0.2) is 13.4 Å². The highest BCUT2D eigenvalue weighted by molar-refractivity contribution is 7.91. The minimum absolute atomic E-state index is 0.00548. The third-order valence-electron chi connectivity index (χ3n) is 4.75. The van der Waals surface area contributed by atoms with Crippen LogP contribution in [0.5, 0.6) is 0 Å². The molecule has 2 aromatic heterocycles. The van der Waals surface area contributed by atoms with E-state index in [1.807, 2.05) is 0 Å². The first-order valence-electron chi connectivity index (χ1n) is 9.39. The van der Waals surface area contributed by atoms with Crippen molar-refractivity contribution in [2.24, 2.45) is 0 Å². The van der Waals surface area contributed by atoms with Gasteiger partial charge in [0.1, 0.15) is 15.3 Å². The van der Waals surface area contributed by atoms with Crippen LogP contribution in [0.15, 0.2) is 58.1 Å². The largest absolute Gasteiger partial charge is 0.416 e. The van der Waals surface area contributed by atoms with Crippen molar-refractivity contribution in [2.75, 3.05) is 6.54 Å². The summed E-state index contributed by atoms with van der Waals surface area (Å²) >= 11 is 7.93. The van der Waals surface area contributed by atoms with E-state index >= 15 is 0 Å². The number of nitrogens with zero attached hydrogens (tertiary/aromatic N) is 2. The topological polar surface area (TPSA) is 79.4 Å². The molecule has 0 bridgehead atoms. The Labute approximate surface area is 200 Å². The van der Waals surface area contributed by atoms with E-state index in [1.54, 1.807) is 11.5 Å². The fraction of sp³-hybridized carbons (Fsp3) is 0.200. The third kappa shape index (κ3) is 5.14. The normalized spacial score (nSPS) is 16.9. The second-order valence-electron chi connectivity index (χ2n) is 6.93. The molecule has 6 nitrogen and oxygen atoms in total. The van der Waals surface area contributed by atoms with Crippen LogP contribution >= 0.6 is 34.3 Å². The summed E-state index contributed by atoms with van der Waals surface area (Å²) in [6.45, 7) is 0.0540. The maximum atomic E-state index is 12.9. The van der Waals surface area contributed by atoms with Crippen LogP contribution in [-0.4, -0.2) is 36.2 Å². The van der Waals surface area contributed by atoms with Crippen molar-refractivity contribution in [3.05, 3.63) is 68.8 Å². The summed E-state index contributed by atoms with van der Waals surface area (Å²) in [5.41, 5.74) is -0.108. The zero-order valence-electron chi connectivity index (χ0n) is 16.5. The highest BCUT2D eigenvalue weighted by Crippen LogP contribution is 2.33. The van der Waals surface area contributed by atoms with Crippen molar-refractivity contribution in [1.82, 2.24) is 14.6 Å². The van der Waals surface area contributed by atoms with Crippen LogP contribution in [0.2, 0.25) is 4.34 Å². The lowest BCUT2D eigenvalue weighted by atomic mass is 10.1. The number of thiophene rings is 1. The Bertz CT molecular complexity index is 1320. The molecule has 4 rings (SSSR count). The van der Waals surface area contributed by atoms with Gasteiger partial charge in [-0.1, -0.05) is 35.9 Å². The molecule has 3 heterocycles. The average molecular weight is 534 g/mol. The monoisotopic (exact) mass is 533 g/mol. The molecule has 0 unspecified atom stereocenters. The number of nitrogens with one attached hydrogen (secondary N) is 1. The number of halogens is 4. The average Bonchev–Trinajstić information content (AvgIpc) is 3.52. The van der Waals surface area contributed by atoms with Gasteiger partial charge in [-0.15, -0.1) is 22.7 Å². The molecule has 0 saturated carbocycles. The standard InChI is InChI=1S/C20H15ClF3N3O3S3/c21-16-6-7-18(32-16)33(29,30)27-8-2-5-15(27)19(28)25-10-17-26-14(11-31-17)12-3-1-4-13(9-12)20(22,23)24/h1-7,9,11,15H,8,10H2,(H,25,28)/t15-/m0/s1. The van der Waals surface area contributed by atoms with Gasteiger partial charge in [-0.2, -0.15) is 17.5 Å². The summed E-state index contributed by atoms with van der Waals surface area (Å²) in [4.78, 5) is 17.0. The summed E-state index contributed by atoms with van der Waals surface area (Å²) in [6, 6.07) is 6.66. The molecule has 0 fully saturated rings. The first-order valence-corrected chi connectivity index (χ1v) is 12.9. The molecular formula is C20H15ClF3N3O3S3. The van der Waals surface area contributed by atoms with Crippen molar-refractivity contribution in [2.45, 2.75) is 23.0 Å². The van der Waals surface area contributed by atoms with E-state index < -0.39 is 33.7 Å². The fourth-order valence-electron chi connectivity index (χ4n) is 3.17. The fourth-order valence-corrected chi connectivity index (χ4v) is 7.02. The number of hydrogen-bond donors (Lipinski definition) is 1. The zero-order chi connectivity index (χ0) is 23.8. The van der Waals surface area contributed by atoms with Crippen molar-refractivity contribution in [3.8, 4) is 11.3 Å². The Morgan fingerprint density at radius 2 is 2.06 bits per heavy atom. The van der Waals surface area contributed by atoms with Gasteiger partial charge in [0.25, 0.3) is 10.0 Å². The number of rotatable bonds is 6. The lowest BCUT2D eigenvalue weighted by Gasteiger charge is -2.22. The molecule has 0 spiro atoms. The number of alkyl halides is 3. The third-order valence-corrected chi connectivity index (χ3v) is 9.14. The number of carbonyl (C=O) groups is 1. The highest BCUT2D eigenvalue weighted by atomic mass is 35.5. The summed E-state index contributed by atoms with van der Waals surface area (Å²) in [5.74, 6) is -0.536. The summed E-state index contributed by atoms with van der Waals surface area (Å²) in [5, 5.41) is 4.72. The molecule has 1 N–H and O–H groups in total. The van der Waals surface area contributed by atoms with E-state index in [-0.39, 0.29) is 17.3 Å². The van der Waals surface area contributed by atoms with Gasteiger partial charge in [-0.3, -0.25) is 4.79 Å². The second kappa shape index (κ2) is 9.18. The number of amides is 1. The van der Waals surface area contributed by atoms with Crippen LogP contribution in [0.4, 0.5) is 13.2 Å². The summed E-state index contributed by atoms with van der Waals surface area (Å²) in [7, 11) is -3.90. The van der Waals surface area contributed by atoms with Crippen molar-refractivity contribution in [1.29, 1.82) is 0 Å². The molecule has 174 valence electrons. The summed E-state index contributed by atoms with van der Waals surface area (Å²) < 4.78 is 66.0. The number of benzene rings is 1. The number of thiazole rings is 1. The minimum Gasteiger partial charge on any atom is -0.348 e. The van der Waals surface area contributed by atoms with Gasteiger partial charge in [0.15, 0.2) is 0 Å².